The lowest BCUT2D eigenvalue weighted by Crippen LogP contribution is -2.36. The van der Waals surface area contributed by atoms with Gasteiger partial charge in [-0.25, -0.2) is 0 Å². The third-order valence-corrected chi connectivity index (χ3v) is 5.69. The van der Waals surface area contributed by atoms with Gasteiger partial charge in [-0.15, -0.1) is 11.3 Å². The number of rotatable bonds is 4. The number of likely N-dealkylation sites (tertiary alicyclic amines) is 1. The molecule has 0 spiro atoms. The first-order valence-corrected chi connectivity index (χ1v) is 7.87. The molecule has 0 saturated carbocycles. The third-order valence-electron chi connectivity index (χ3n) is 4.32. The summed E-state index contributed by atoms with van der Waals surface area (Å²) in [5.41, 5.74) is 0.398. The molecule has 2 heterocycles. The van der Waals surface area contributed by atoms with E-state index < -0.39 is 11.4 Å². The van der Waals surface area contributed by atoms with Crippen LogP contribution < -0.4 is 0 Å². The lowest BCUT2D eigenvalue weighted by atomic mass is 9.84. The predicted molar refractivity (Wildman–Crippen MR) is 79.3 cm³/mol. The van der Waals surface area contributed by atoms with E-state index in [2.05, 4.69) is 6.92 Å². The number of carboxylic acids is 1. The van der Waals surface area contributed by atoms with Gasteiger partial charge in [-0.2, -0.15) is 0 Å². The van der Waals surface area contributed by atoms with Crippen LogP contribution in [-0.2, 0) is 11.2 Å². The summed E-state index contributed by atoms with van der Waals surface area (Å²) in [6, 6.07) is 1.93. The van der Waals surface area contributed by atoms with Gasteiger partial charge in [0.1, 0.15) is 0 Å². The molecule has 1 unspecified atom stereocenters. The summed E-state index contributed by atoms with van der Waals surface area (Å²) >= 11 is 1.53. The van der Waals surface area contributed by atoms with E-state index in [9.17, 15) is 14.7 Å². The highest BCUT2D eigenvalue weighted by Crippen LogP contribution is 2.35. The number of aryl methyl sites for hydroxylation is 2. The van der Waals surface area contributed by atoms with Gasteiger partial charge in [-0.1, -0.05) is 13.8 Å². The van der Waals surface area contributed by atoms with Gasteiger partial charge >= 0.3 is 5.97 Å². The van der Waals surface area contributed by atoms with Crippen molar-refractivity contribution < 1.29 is 14.7 Å². The van der Waals surface area contributed by atoms with E-state index in [4.69, 9.17) is 0 Å². The second kappa shape index (κ2) is 5.56. The van der Waals surface area contributed by atoms with Gasteiger partial charge in [0.05, 0.1) is 10.3 Å². The topological polar surface area (TPSA) is 57.6 Å². The molecule has 1 aromatic heterocycles. The van der Waals surface area contributed by atoms with Crippen LogP contribution in [0, 0.1) is 12.3 Å². The molecule has 0 aliphatic carbocycles. The van der Waals surface area contributed by atoms with Crippen LogP contribution in [0.2, 0.25) is 0 Å². The number of carboxylic acid groups (broad SMARTS) is 1. The van der Waals surface area contributed by atoms with Crippen LogP contribution in [0.1, 0.15) is 46.8 Å². The molecule has 2 rings (SSSR count). The number of nitrogens with zero attached hydrogens (tertiary/aromatic N) is 1. The zero-order valence-corrected chi connectivity index (χ0v) is 13.0. The van der Waals surface area contributed by atoms with Crippen LogP contribution in [-0.4, -0.2) is 35.0 Å². The molecule has 1 aliphatic heterocycles. The van der Waals surface area contributed by atoms with Gasteiger partial charge in [0.25, 0.3) is 5.91 Å². The van der Waals surface area contributed by atoms with E-state index in [0.29, 0.717) is 25.9 Å². The molecule has 110 valence electrons. The predicted octanol–water partition coefficient (Wildman–Crippen LogP) is 2.95. The molecule has 0 aromatic carbocycles. The summed E-state index contributed by atoms with van der Waals surface area (Å²) in [7, 11) is 0. The molecule has 0 bridgehead atoms. The van der Waals surface area contributed by atoms with E-state index in [1.165, 1.54) is 16.2 Å². The fourth-order valence-electron chi connectivity index (χ4n) is 2.79. The molecule has 1 aliphatic rings. The highest BCUT2D eigenvalue weighted by Gasteiger charge is 2.45. The molecule has 1 fully saturated rings. The van der Waals surface area contributed by atoms with E-state index in [-0.39, 0.29) is 5.91 Å². The Morgan fingerprint density at radius 1 is 1.45 bits per heavy atom. The molecular formula is C15H21NO3S. The highest BCUT2D eigenvalue weighted by molar-refractivity contribution is 7.14. The lowest BCUT2D eigenvalue weighted by Gasteiger charge is -2.22. The number of hydrogen-bond acceptors (Lipinski definition) is 3. The minimum Gasteiger partial charge on any atom is -0.481 e. The normalized spacial score (nSPS) is 22.2. The van der Waals surface area contributed by atoms with Crippen LogP contribution in [0.15, 0.2) is 6.07 Å². The molecule has 4 nitrogen and oxygen atoms in total. The van der Waals surface area contributed by atoms with Gasteiger partial charge in [-0.05, 0) is 37.8 Å². The van der Waals surface area contributed by atoms with Crippen molar-refractivity contribution in [2.45, 2.75) is 40.0 Å². The highest BCUT2D eigenvalue weighted by atomic mass is 32.1. The number of aliphatic carboxylic acids is 1. The fourth-order valence-corrected chi connectivity index (χ4v) is 3.87. The van der Waals surface area contributed by atoms with Crippen LogP contribution in [0.4, 0.5) is 0 Å². The minimum atomic E-state index is -0.785. The number of thiophene rings is 1. The van der Waals surface area contributed by atoms with Crippen LogP contribution >= 0.6 is 11.3 Å². The average molecular weight is 295 g/mol. The minimum absolute atomic E-state index is 0.0191. The van der Waals surface area contributed by atoms with E-state index in [1.54, 1.807) is 4.90 Å². The van der Waals surface area contributed by atoms with E-state index >= 15 is 0 Å². The van der Waals surface area contributed by atoms with Gasteiger partial charge in [-0.3, -0.25) is 9.59 Å². The van der Waals surface area contributed by atoms with Gasteiger partial charge in [0, 0.05) is 18.0 Å². The smallest absolute Gasteiger partial charge is 0.311 e. The molecule has 20 heavy (non-hydrogen) atoms. The first kappa shape index (κ1) is 15.0. The first-order valence-electron chi connectivity index (χ1n) is 7.05. The Morgan fingerprint density at radius 3 is 2.60 bits per heavy atom. The Hall–Kier alpha value is -1.36. The monoisotopic (exact) mass is 295 g/mol. The molecule has 5 heteroatoms. The SMILES string of the molecule is CCc1sc(C(=O)N2CCC(CC)(C(=O)O)C2)cc1C. The maximum atomic E-state index is 12.5. The number of carbonyl (C=O) groups excluding carboxylic acids is 1. The van der Waals surface area contributed by atoms with E-state index in [0.717, 1.165) is 16.9 Å². The summed E-state index contributed by atoms with van der Waals surface area (Å²) in [4.78, 5) is 27.6. The van der Waals surface area contributed by atoms with Crippen molar-refractivity contribution >= 4 is 23.2 Å². The number of hydrogen-bond donors (Lipinski definition) is 1. The Morgan fingerprint density at radius 2 is 2.15 bits per heavy atom. The summed E-state index contributed by atoms with van der Waals surface area (Å²) in [5, 5.41) is 9.38. The molecule has 1 atom stereocenters. The van der Waals surface area contributed by atoms with Gasteiger partial charge in [0.2, 0.25) is 0 Å². The maximum absolute atomic E-state index is 12.5. The number of amides is 1. The summed E-state index contributed by atoms with van der Waals surface area (Å²) < 4.78 is 0. The molecule has 1 aromatic rings. The Bertz CT molecular complexity index is 537. The van der Waals surface area contributed by atoms with Crippen molar-refractivity contribution in [3.05, 3.63) is 21.4 Å². The van der Waals surface area contributed by atoms with Crippen molar-refractivity contribution in [3.63, 3.8) is 0 Å². The summed E-state index contributed by atoms with van der Waals surface area (Å²) in [6.45, 7) is 6.85. The van der Waals surface area contributed by atoms with Crippen LogP contribution in [0.5, 0.6) is 0 Å². The lowest BCUT2D eigenvalue weighted by molar-refractivity contribution is -0.148. The average Bonchev–Trinajstić information content (AvgIpc) is 3.02. The van der Waals surface area contributed by atoms with Gasteiger partial charge < -0.3 is 10.0 Å². The van der Waals surface area contributed by atoms with Crippen LogP contribution in [0.3, 0.4) is 0 Å². The first-order chi connectivity index (χ1) is 9.43. The Labute approximate surface area is 123 Å². The Kier molecular flexibility index (Phi) is 4.18. The maximum Gasteiger partial charge on any atom is 0.311 e. The number of carbonyl (C=O) groups is 2. The standard InChI is InChI=1S/C15H21NO3S/c1-4-11-10(3)8-12(20-11)13(17)16-7-6-15(5-2,9-16)14(18)19/h8H,4-7,9H2,1-3H3,(H,18,19). The molecular weight excluding hydrogens is 274 g/mol. The second-order valence-corrected chi connectivity index (χ2v) is 6.62. The van der Waals surface area contributed by atoms with Crippen molar-refractivity contribution in [2.24, 2.45) is 5.41 Å². The second-order valence-electron chi connectivity index (χ2n) is 5.49. The molecule has 1 amide bonds. The molecule has 1 saturated heterocycles. The summed E-state index contributed by atoms with van der Waals surface area (Å²) in [5.74, 6) is -0.804. The van der Waals surface area contributed by atoms with Crippen molar-refractivity contribution in [2.75, 3.05) is 13.1 Å². The van der Waals surface area contributed by atoms with Crippen molar-refractivity contribution in [1.82, 2.24) is 4.90 Å². The quantitative estimate of drug-likeness (QED) is 0.929. The van der Waals surface area contributed by atoms with Crippen molar-refractivity contribution in [3.8, 4) is 0 Å². The third kappa shape index (κ3) is 2.46. The zero-order chi connectivity index (χ0) is 14.9. The molecule has 1 N–H and O–H groups in total. The molecule has 0 radical (unpaired) electrons. The van der Waals surface area contributed by atoms with Gasteiger partial charge in [0.15, 0.2) is 0 Å². The fraction of sp³-hybridized carbons (Fsp3) is 0.600. The van der Waals surface area contributed by atoms with E-state index in [1.807, 2.05) is 19.9 Å². The Balaban J connectivity index is 2.17. The van der Waals surface area contributed by atoms with Crippen molar-refractivity contribution in [1.29, 1.82) is 0 Å². The zero-order valence-electron chi connectivity index (χ0n) is 12.2. The largest absolute Gasteiger partial charge is 0.481 e. The van der Waals surface area contributed by atoms with Crippen LogP contribution in [0.25, 0.3) is 0 Å². The summed E-state index contributed by atoms with van der Waals surface area (Å²) in [6.07, 6.45) is 2.04.